The largest absolute Gasteiger partial charge is 0.490 e. The van der Waals surface area contributed by atoms with Crippen molar-refractivity contribution in [2.24, 2.45) is 0 Å². The Morgan fingerprint density at radius 3 is 2.69 bits per heavy atom. The number of aromatic nitrogens is 4. The number of nitrogens with one attached hydrogen (secondary N) is 2. The summed E-state index contributed by atoms with van der Waals surface area (Å²) in [5, 5.41) is 11.1. The molecule has 180 valence electrons. The van der Waals surface area contributed by atoms with Crippen LogP contribution in [0.1, 0.15) is 24.9 Å². The number of amides is 1. The van der Waals surface area contributed by atoms with E-state index < -0.39 is 6.04 Å². The van der Waals surface area contributed by atoms with E-state index in [1.165, 1.54) is 0 Å². The number of para-hydroxylation sites is 1. The van der Waals surface area contributed by atoms with Gasteiger partial charge in [0.2, 0.25) is 5.95 Å². The molecule has 0 spiro atoms. The molecule has 0 fully saturated rings. The van der Waals surface area contributed by atoms with Gasteiger partial charge < -0.3 is 20.1 Å². The molecule has 0 aliphatic carbocycles. The molecular formula is C27H24N6O3. The molecule has 1 unspecified atom stereocenters. The van der Waals surface area contributed by atoms with Crippen LogP contribution in [0.3, 0.4) is 0 Å². The number of ether oxygens (including phenoxy) is 2. The lowest BCUT2D eigenvalue weighted by molar-refractivity contribution is -0.113. The van der Waals surface area contributed by atoms with E-state index in [2.05, 4.69) is 15.6 Å². The molecule has 36 heavy (non-hydrogen) atoms. The van der Waals surface area contributed by atoms with Crippen LogP contribution < -0.4 is 20.1 Å². The predicted molar refractivity (Wildman–Crippen MR) is 135 cm³/mol. The number of nitrogens with zero attached hydrogens (tertiary/aromatic N) is 4. The first kappa shape index (κ1) is 21.8. The molecule has 6 rings (SSSR count). The Morgan fingerprint density at radius 1 is 1.06 bits per heavy atom. The van der Waals surface area contributed by atoms with Crippen molar-refractivity contribution in [1.82, 2.24) is 19.7 Å². The minimum absolute atomic E-state index is 0.229. The number of hydrogen-bond donors (Lipinski definition) is 2. The van der Waals surface area contributed by atoms with Crippen molar-refractivity contribution in [2.75, 3.05) is 23.8 Å². The first-order valence-corrected chi connectivity index (χ1v) is 11.8. The molecular weight excluding hydrogens is 456 g/mol. The van der Waals surface area contributed by atoms with Gasteiger partial charge in [0, 0.05) is 35.8 Å². The highest BCUT2D eigenvalue weighted by atomic mass is 16.5. The van der Waals surface area contributed by atoms with E-state index in [4.69, 9.17) is 19.6 Å². The quantitative estimate of drug-likeness (QED) is 0.445. The summed E-state index contributed by atoms with van der Waals surface area (Å²) in [6, 6.07) is 18.3. The Kier molecular flexibility index (Phi) is 5.57. The fourth-order valence-electron chi connectivity index (χ4n) is 4.44. The van der Waals surface area contributed by atoms with E-state index in [1.807, 2.05) is 67.6 Å². The normalized spacial score (nSPS) is 16.5. The predicted octanol–water partition coefficient (Wildman–Crippen LogP) is 4.43. The summed E-state index contributed by atoms with van der Waals surface area (Å²) in [7, 11) is 0. The van der Waals surface area contributed by atoms with Crippen LogP contribution >= 0.6 is 0 Å². The molecule has 0 saturated carbocycles. The summed E-state index contributed by atoms with van der Waals surface area (Å²) in [5.41, 5.74) is 3.55. The molecule has 2 aliphatic heterocycles. The first-order valence-electron chi connectivity index (χ1n) is 11.8. The number of pyridine rings is 1. The van der Waals surface area contributed by atoms with Gasteiger partial charge >= 0.3 is 0 Å². The van der Waals surface area contributed by atoms with Crippen molar-refractivity contribution in [3.63, 3.8) is 0 Å². The maximum atomic E-state index is 13.7. The Hall–Kier alpha value is -4.66. The van der Waals surface area contributed by atoms with Gasteiger partial charge in [-0.1, -0.05) is 24.3 Å². The average molecular weight is 481 g/mol. The lowest BCUT2D eigenvalue weighted by Gasteiger charge is -2.29. The van der Waals surface area contributed by atoms with Gasteiger partial charge in [-0.15, -0.1) is 5.10 Å². The van der Waals surface area contributed by atoms with Gasteiger partial charge in [-0.25, -0.2) is 4.68 Å². The van der Waals surface area contributed by atoms with E-state index in [-0.39, 0.29) is 5.91 Å². The van der Waals surface area contributed by atoms with Crippen molar-refractivity contribution in [2.45, 2.75) is 19.4 Å². The van der Waals surface area contributed by atoms with E-state index >= 15 is 0 Å². The van der Waals surface area contributed by atoms with Crippen LogP contribution in [0.15, 0.2) is 84.3 Å². The Bertz CT molecular complexity index is 1450. The standard InChI is InChI=1S/C27H24N6O3/c1-17-23(26(34)30-20-8-3-2-4-9-20)24(18-10-11-21-22(15-18)36-14-6-13-35-21)33-27(29-17)31-25(32-33)19-7-5-12-28-16-19/h2-5,7-12,15-16,24H,6,13-14H2,1H3,(H,30,34)(H,29,31,32). The van der Waals surface area contributed by atoms with E-state index in [1.54, 1.807) is 17.1 Å². The lowest BCUT2D eigenvalue weighted by atomic mass is 9.94. The molecule has 2 aromatic carbocycles. The van der Waals surface area contributed by atoms with Crippen molar-refractivity contribution in [3.8, 4) is 22.9 Å². The number of hydrogen-bond acceptors (Lipinski definition) is 7. The number of rotatable bonds is 4. The van der Waals surface area contributed by atoms with Crippen LogP contribution in [0.5, 0.6) is 11.5 Å². The number of carbonyl (C=O) groups excluding carboxylic acids is 1. The first-order chi connectivity index (χ1) is 17.7. The van der Waals surface area contributed by atoms with Crippen LogP contribution in [-0.2, 0) is 4.79 Å². The van der Waals surface area contributed by atoms with Gasteiger partial charge in [0.05, 0.1) is 18.8 Å². The summed E-state index contributed by atoms with van der Waals surface area (Å²) >= 11 is 0. The number of anilines is 2. The minimum atomic E-state index is -0.542. The second-order valence-corrected chi connectivity index (χ2v) is 8.59. The van der Waals surface area contributed by atoms with Crippen molar-refractivity contribution in [1.29, 1.82) is 0 Å². The third-order valence-electron chi connectivity index (χ3n) is 6.14. The van der Waals surface area contributed by atoms with Gasteiger partial charge in [-0.2, -0.15) is 4.98 Å². The van der Waals surface area contributed by atoms with Gasteiger partial charge in [0.15, 0.2) is 17.3 Å². The van der Waals surface area contributed by atoms with Crippen LogP contribution in [0, 0.1) is 0 Å². The van der Waals surface area contributed by atoms with Gasteiger partial charge in [-0.3, -0.25) is 9.78 Å². The summed E-state index contributed by atoms with van der Waals surface area (Å²) in [5.74, 6) is 2.17. The number of carbonyl (C=O) groups is 1. The van der Waals surface area contributed by atoms with E-state index in [0.29, 0.717) is 53.4 Å². The zero-order chi connectivity index (χ0) is 24.5. The minimum Gasteiger partial charge on any atom is -0.490 e. The van der Waals surface area contributed by atoms with Crippen LogP contribution in [0.25, 0.3) is 11.4 Å². The van der Waals surface area contributed by atoms with Crippen molar-refractivity contribution >= 4 is 17.5 Å². The van der Waals surface area contributed by atoms with Crippen molar-refractivity contribution in [3.05, 3.63) is 89.9 Å². The smallest absolute Gasteiger partial charge is 0.255 e. The molecule has 9 nitrogen and oxygen atoms in total. The van der Waals surface area contributed by atoms with E-state index in [9.17, 15) is 4.79 Å². The van der Waals surface area contributed by atoms with Gasteiger partial charge in [0.25, 0.3) is 5.91 Å². The summed E-state index contributed by atoms with van der Waals surface area (Å²) < 4.78 is 13.5. The summed E-state index contributed by atoms with van der Waals surface area (Å²) in [6.45, 7) is 3.04. The number of fused-ring (bicyclic) bond motifs is 2. The molecule has 1 atom stereocenters. The van der Waals surface area contributed by atoms with Crippen molar-refractivity contribution < 1.29 is 14.3 Å². The maximum Gasteiger partial charge on any atom is 0.255 e. The highest BCUT2D eigenvalue weighted by Crippen LogP contribution is 2.40. The Balaban J connectivity index is 1.46. The van der Waals surface area contributed by atoms with Crippen LogP contribution in [0.4, 0.5) is 11.6 Å². The van der Waals surface area contributed by atoms with Crippen LogP contribution in [-0.4, -0.2) is 38.9 Å². The topological polar surface area (TPSA) is 103 Å². The highest BCUT2D eigenvalue weighted by molar-refractivity contribution is 6.06. The molecule has 9 heteroatoms. The molecule has 0 radical (unpaired) electrons. The third kappa shape index (κ3) is 4.04. The van der Waals surface area contributed by atoms with Gasteiger partial charge in [-0.05, 0) is 48.9 Å². The second kappa shape index (κ2) is 9.18. The van der Waals surface area contributed by atoms with Crippen LogP contribution in [0.2, 0.25) is 0 Å². The third-order valence-corrected chi connectivity index (χ3v) is 6.14. The average Bonchev–Trinajstić information content (AvgIpc) is 3.18. The zero-order valence-corrected chi connectivity index (χ0v) is 19.6. The Morgan fingerprint density at radius 2 is 1.89 bits per heavy atom. The fourth-order valence-corrected chi connectivity index (χ4v) is 4.44. The Labute approximate surface area is 207 Å². The molecule has 0 saturated heterocycles. The SMILES string of the molecule is CC1=C(C(=O)Nc2ccccc2)C(c2ccc3c(c2)OCCCO3)n2nc(-c3cccnc3)nc2N1. The molecule has 2 aliphatic rings. The highest BCUT2D eigenvalue weighted by Gasteiger charge is 2.35. The molecule has 2 N–H and O–H groups in total. The molecule has 2 aromatic heterocycles. The second-order valence-electron chi connectivity index (χ2n) is 8.59. The number of allylic oxidation sites excluding steroid dienone is 1. The zero-order valence-electron chi connectivity index (χ0n) is 19.6. The monoisotopic (exact) mass is 480 g/mol. The maximum absolute atomic E-state index is 13.7. The summed E-state index contributed by atoms with van der Waals surface area (Å²) in [6.07, 6.45) is 4.23. The lowest BCUT2D eigenvalue weighted by Crippen LogP contribution is -2.31. The fraction of sp³-hybridized carbons (Fsp3) is 0.185. The van der Waals surface area contributed by atoms with E-state index in [0.717, 1.165) is 17.5 Å². The molecule has 0 bridgehead atoms. The molecule has 4 heterocycles. The molecule has 1 amide bonds. The number of benzene rings is 2. The molecule has 4 aromatic rings. The summed E-state index contributed by atoms with van der Waals surface area (Å²) in [4.78, 5) is 22.6. The van der Waals surface area contributed by atoms with Gasteiger partial charge in [0.1, 0.15) is 6.04 Å².